The molecule has 2 rings (SSSR count). The summed E-state index contributed by atoms with van der Waals surface area (Å²) in [5, 5.41) is 0. The van der Waals surface area contributed by atoms with E-state index in [0.717, 1.165) is 0 Å². The molecule has 0 nitrogen and oxygen atoms in total. The van der Waals surface area contributed by atoms with Gasteiger partial charge in [0, 0.05) is 10.8 Å². The smallest absolute Gasteiger partial charge is 0.0707 e. The number of thiophene rings is 1. The molecule has 1 aliphatic carbocycles. The molecule has 1 aromatic heterocycles. The van der Waals surface area contributed by atoms with Gasteiger partial charge >= 0.3 is 0 Å². The Labute approximate surface area is 85.4 Å². The van der Waals surface area contributed by atoms with Gasteiger partial charge in [0.2, 0.25) is 0 Å². The van der Waals surface area contributed by atoms with Crippen LogP contribution >= 0.6 is 27.3 Å². The highest BCUT2D eigenvalue weighted by Crippen LogP contribution is 2.40. The first-order valence-electron chi connectivity index (χ1n) is 4.28. The summed E-state index contributed by atoms with van der Waals surface area (Å²) in [6, 6.07) is 2.21. The number of allylic oxidation sites excluding steroid dienone is 1. The maximum absolute atomic E-state index is 3.52. The summed E-state index contributed by atoms with van der Waals surface area (Å²) < 4.78 is 1.26. The van der Waals surface area contributed by atoms with E-state index in [0.29, 0.717) is 5.92 Å². The Kier molecular flexibility index (Phi) is 2.37. The van der Waals surface area contributed by atoms with Gasteiger partial charge in [-0.1, -0.05) is 25.5 Å². The van der Waals surface area contributed by atoms with E-state index in [1.807, 2.05) is 11.3 Å². The highest BCUT2D eigenvalue weighted by molar-refractivity contribution is 9.11. The van der Waals surface area contributed by atoms with Crippen LogP contribution in [-0.2, 0) is 0 Å². The lowest BCUT2D eigenvalue weighted by molar-refractivity contribution is 0.735. The number of hydrogen-bond acceptors (Lipinski definition) is 1. The lowest BCUT2D eigenvalue weighted by atomic mass is 10.1. The average molecular weight is 243 g/mol. The van der Waals surface area contributed by atoms with Gasteiger partial charge in [0.05, 0.1) is 3.79 Å². The Balaban J connectivity index is 2.29. The van der Waals surface area contributed by atoms with Gasteiger partial charge in [-0.2, -0.15) is 0 Å². The first kappa shape index (κ1) is 8.52. The van der Waals surface area contributed by atoms with E-state index >= 15 is 0 Å². The molecule has 0 aromatic carbocycles. The van der Waals surface area contributed by atoms with E-state index < -0.39 is 0 Å². The summed E-state index contributed by atoms with van der Waals surface area (Å²) in [7, 11) is 0. The Morgan fingerprint density at radius 2 is 2.42 bits per heavy atom. The summed E-state index contributed by atoms with van der Waals surface area (Å²) in [4.78, 5) is 1.55. The Bertz CT molecular complexity index is 312. The number of hydrogen-bond donors (Lipinski definition) is 0. The van der Waals surface area contributed by atoms with Crippen LogP contribution in [-0.4, -0.2) is 0 Å². The lowest BCUT2D eigenvalue weighted by Gasteiger charge is -2.04. The van der Waals surface area contributed by atoms with Crippen molar-refractivity contribution in [1.29, 1.82) is 0 Å². The van der Waals surface area contributed by atoms with E-state index in [9.17, 15) is 0 Å². The summed E-state index contributed by atoms with van der Waals surface area (Å²) in [6.45, 7) is 2.24. The molecule has 64 valence electrons. The molecule has 0 N–H and O–H groups in total. The maximum Gasteiger partial charge on any atom is 0.0707 e. The standard InChI is InChI=1S/C10H11BrS/c1-2-3-7-4-5-8-6-9(11)12-10(7)8/h4-7H,2-3H2,1H3. The fourth-order valence-electron chi connectivity index (χ4n) is 1.65. The van der Waals surface area contributed by atoms with Crippen molar-refractivity contribution in [2.45, 2.75) is 25.7 Å². The quantitative estimate of drug-likeness (QED) is 0.721. The van der Waals surface area contributed by atoms with E-state index in [1.54, 1.807) is 4.88 Å². The average Bonchev–Trinajstić information content (AvgIpc) is 2.52. The van der Waals surface area contributed by atoms with Crippen LogP contribution < -0.4 is 0 Å². The molecule has 1 aliphatic rings. The Morgan fingerprint density at radius 1 is 1.58 bits per heavy atom. The fourth-order valence-corrected chi connectivity index (χ4v) is 3.41. The third kappa shape index (κ3) is 1.38. The van der Waals surface area contributed by atoms with Gasteiger partial charge in [0.15, 0.2) is 0 Å². The largest absolute Gasteiger partial charge is 0.132 e. The van der Waals surface area contributed by atoms with Gasteiger partial charge in [-0.05, 0) is 34.0 Å². The molecular weight excluding hydrogens is 232 g/mol. The Hall–Kier alpha value is -0.0800. The van der Waals surface area contributed by atoms with Crippen molar-refractivity contribution < 1.29 is 0 Å². The third-order valence-electron chi connectivity index (χ3n) is 2.21. The molecule has 0 saturated carbocycles. The molecule has 1 unspecified atom stereocenters. The van der Waals surface area contributed by atoms with Crippen LogP contribution in [0.1, 0.15) is 36.1 Å². The van der Waals surface area contributed by atoms with E-state index in [2.05, 4.69) is 41.1 Å². The molecule has 0 spiro atoms. The molecule has 0 saturated heterocycles. The molecule has 0 bridgehead atoms. The molecular formula is C10H11BrS. The minimum Gasteiger partial charge on any atom is -0.132 e. The highest BCUT2D eigenvalue weighted by atomic mass is 79.9. The van der Waals surface area contributed by atoms with Crippen LogP contribution in [0.15, 0.2) is 15.9 Å². The summed E-state index contributed by atoms with van der Waals surface area (Å²) in [6.07, 6.45) is 7.13. The molecule has 0 radical (unpaired) electrons. The first-order chi connectivity index (χ1) is 5.81. The SMILES string of the molecule is CCCC1C=Cc2cc(Br)sc21. The predicted molar refractivity (Wildman–Crippen MR) is 58.7 cm³/mol. The molecule has 1 heterocycles. The van der Waals surface area contributed by atoms with Gasteiger partial charge in [0.25, 0.3) is 0 Å². The number of halogens is 1. The molecule has 1 aromatic rings. The van der Waals surface area contributed by atoms with Gasteiger partial charge in [-0.15, -0.1) is 11.3 Å². The van der Waals surface area contributed by atoms with Crippen LogP contribution in [0.2, 0.25) is 0 Å². The van der Waals surface area contributed by atoms with Crippen LogP contribution in [0, 0.1) is 0 Å². The van der Waals surface area contributed by atoms with Crippen molar-refractivity contribution in [3.63, 3.8) is 0 Å². The number of fused-ring (bicyclic) bond motifs is 1. The van der Waals surface area contributed by atoms with E-state index in [-0.39, 0.29) is 0 Å². The van der Waals surface area contributed by atoms with Gasteiger partial charge < -0.3 is 0 Å². The van der Waals surface area contributed by atoms with Crippen molar-refractivity contribution >= 4 is 33.3 Å². The molecule has 0 amide bonds. The van der Waals surface area contributed by atoms with Crippen molar-refractivity contribution in [2.24, 2.45) is 0 Å². The summed E-state index contributed by atoms with van der Waals surface area (Å²) >= 11 is 5.40. The van der Waals surface area contributed by atoms with Crippen LogP contribution in [0.25, 0.3) is 6.08 Å². The van der Waals surface area contributed by atoms with Crippen LogP contribution in [0.4, 0.5) is 0 Å². The molecule has 1 atom stereocenters. The molecule has 2 heteroatoms. The summed E-state index contributed by atoms with van der Waals surface area (Å²) in [5.41, 5.74) is 1.42. The second-order valence-electron chi connectivity index (χ2n) is 3.12. The molecule has 0 fully saturated rings. The van der Waals surface area contributed by atoms with E-state index in [4.69, 9.17) is 0 Å². The Morgan fingerprint density at radius 3 is 3.17 bits per heavy atom. The zero-order valence-corrected chi connectivity index (χ0v) is 9.41. The minimum atomic E-state index is 0.696. The molecule has 12 heavy (non-hydrogen) atoms. The normalized spacial score (nSPS) is 20.0. The summed E-state index contributed by atoms with van der Waals surface area (Å²) in [5.74, 6) is 0.696. The van der Waals surface area contributed by atoms with Gasteiger partial charge in [0.1, 0.15) is 0 Å². The van der Waals surface area contributed by atoms with Crippen molar-refractivity contribution in [3.05, 3.63) is 26.4 Å². The van der Waals surface area contributed by atoms with Gasteiger partial charge in [-0.3, -0.25) is 0 Å². The second-order valence-corrected chi connectivity index (χ2v) is 5.59. The zero-order chi connectivity index (χ0) is 8.55. The van der Waals surface area contributed by atoms with E-state index in [1.165, 1.54) is 22.2 Å². The third-order valence-corrected chi connectivity index (χ3v) is 3.99. The highest BCUT2D eigenvalue weighted by Gasteiger charge is 2.18. The number of rotatable bonds is 2. The lowest BCUT2D eigenvalue weighted by Crippen LogP contribution is -1.87. The topological polar surface area (TPSA) is 0 Å². The van der Waals surface area contributed by atoms with Crippen LogP contribution in [0.3, 0.4) is 0 Å². The van der Waals surface area contributed by atoms with Crippen LogP contribution in [0.5, 0.6) is 0 Å². The van der Waals surface area contributed by atoms with Crippen molar-refractivity contribution in [3.8, 4) is 0 Å². The molecule has 0 aliphatic heterocycles. The first-order valence-corrected chi connectivity index (χ1v) is 5.89. The maximum atomic E-state index is 3.52. The fraction of sp³-hybridized carbons (Fsp3) is 0.400. The minimum absolute atomic E-state index is 0.696. The van der Waals surface area contributed by atoms with Gasteiger partial charge in [-0.25, -0.2) is 0 Å². The zero-order valence-electron chi connectivity index (χ0n) is 7.01. The predicted octanol–water partition coefficient (Wildman–Crippen LogP) is 4.42. The van der Waals surface area contributed by atoms with Crippen molar-refractivity contribution in [1.82, 2.24) is 0 Å². The van der Waals surface area contributed by atoms with Crippen molar-refractivity contribution in [2.75, 3.05) is 0 Å². The monoisotopic (exact) mass is 242 g/mol. The second kappa shape index (κ2) is 3.35.